The molecule has 0 bridgehead atoms. The topological polar surface area (TPSA) is 61.7 Å². The first kappa shape index (κ1) is 25.1. The summed E-state index contributed by atoms with van der Waals surface area (Å²) in [5.41, 5.74) is 4.89. The number of hydrogen-bond donors (Lipinski definition) is 0. The Kier molecular flexibility index (Phi) is 6.27. The van der Waals surface area contributed by atoms with Gasteiger partial charge in [0, 0.05) is 56.1 Å². The molecule has 7 nitrogen and oxygen atoms in total. The SMILES string of the molecule is O=C(Cn1ccc2ccc(N3Cc4cccc(Cl)c4C3=O)cc21)N1CCC2(CC1)CCN(c1ccncc1)CC2. The van der Waals surface area contributed by atoms with Gasteiger partial charge in [0.2, 0.25) is 5.91 Å². The lowest BCUT2D eigenvalue weighted by atomic mass is 9.71. The van der Waals surface area contributed by atoms with E-state index < -0.39 is 0 Å². The van der Waals surface area contributed by atoms with Gasteiger partial charge < -0.3 is 19.3 Å². The number of carbonyl (C=O) groups excluding carboxylic acids is 2. The van der Waals surface area contributed by atoms with Crippen molar-refractivity contribution in [1.82, 2.24) is 14.5 Å². The number of hydrogen-bond acceptors (Lipinski definition) is 4. The van der Waals surface area contributed by atoms with Gasteiger partial charge in [-0.05, 0) is 78.4 Å². The highest BCUT2D eigenvalue weighted by molar-refractivity contribution is 6.35. The van der Waals surface area contributed by atoms with Crippen LogP contribution < -0.4 is 9.80 Å². The molecule has 0 aliphatic carbocycles. The smallest absolute Gasteiger partial charge is 0.260 e. The second-order valence-electron chi connectivity index (χ2n) is 11.4. The van der Waals surface area contributed by atoms with E-state index in [0.29, 0.717) is 29.1 Å². The maximum absolute atomic E-state index is 13.4. The Morgan fingerprint density at radius 2 is 1.65 bits per heavy atom. The minimum Gasteiger partial charge on any atom is -0.371 e. The highest BCUT2D eigenvalue weighted by Gasteiger charge is 2.38. The zero-order valence-electron chi connectivity index (χ0n) is 22.4. The van der Waals surface area contributed by atoms with Crippen LogP contribution in [-0.4, -0.2) is 52.4 Å². The number of rotatable bonds is 4. The fourth-order valence-electron chi connectivity index (χ4n) is 6.77. The molecule has 0 atom stereocenters. The summed E-state index contributed by atoms with van der Waals surface area (Å²) in [6.07, 6.45) is 10.2. The van der Waals surface area contributed by atoms with Crippen molar-refractivity contribution < 1.29 is 9.59 Å². The molecular formula is C32H32ClN5O2. The third kappa shape index (κ3) is 4.42. The van der Waals surface area contributed by atoms with Crippen LogP contribution in [0.3, 0.4) is 0 Å². The third-order valence-corrected chi connectivity index (χ3v) is 9.61. The fraction of sp³-hybridized carbons (Fsp3) is 0.344. The van der Waals surface area contributed by atoms with Gasteiger partial charge in [-0.3, -0.25) is 14.6 Å². The number of piperidine rings is 2. The summed E-state index contributed by atoms with van der Waals surface area (Å²) < 4.78 is 2.01. The van der Waals surface area contributed by atoms with Crippen LogP contribution in [0.2, 0.25) is 5.02 Å². The molecule has 0 N–H and O–H groups in total. The molecule has 40 heavy (non-hydrogen) atoms. The van der Waals surface area contributed by atoms with Gasteiger partial charge in [-0.15, -0.1) is 0 Å². The zero-order valence-corrected chi connectivity index (χ0v) is 23.2. The molecule has 0 radical (unpaired) electrons. The van der Waals surface area contributed by atoms with E-state index >= 15 is 0 Å². The summed E-state index contributed by atoms with van der Waals surface area (Å²) in [6, 6.07) is 17.8. The number of benzene rings is 2. The van der Waals surface area contributed by atoms with Crippen LogP contribution in [0.4, 0.5) is 11.4 Å². The third-order valence-electron chi connectivity index (χ3n) is 9.29. The van der Waals surface area contributed by atoms with Gasteiger partial charge >= 0.3 is 0 Å². The molecule has 1 spiro atoms. The first-order valence-electron chi connectivity index (χ1n) is 14.1. The molecule has 2 fully saturated rings. The van der Waals surface area contributed by atoms with E-state index in [0.717, 1.165) is 61.2 Å². The van der Waals surface area contributed by atoms with Gasteiger partial charge in [0.1, 0.15) is 6.54 Å². The van der Waals surface area contributed by atoms with E-state index in [2.05, 4.69) is 22.0 Å². The van der Waals surface area contributed by atoms with Crippen molar-refractivity contribution in [2.75, 3.05) is 36.0 Å². The maximum atomic E-state index is 13.4. The second kappa shape index (κ2) is 9.97. The van der Waals surface area contributed by atoms with Gasteiger partial charge in [-0.1, -0.05) is 29.8 Å². The molecule has 2 aromatic carbocycles. The van der Waals surface area contributed by atoms with E-state index in [4.69, 9.17) is 11.6 Å². The zero-order chi connectivity index (χ0) is 27.3. The molecule has 4 aromatic rings. The Labute approximate surface area is 238 Å². The van der Waals surface area contributed by atoms with Gasteiger partial charge in [0.05, 0.1) is 22.6 Å². The number of amides is 2. The van der Waals surface area contributed by atoms with Crippen LogP contribution >= 0.6 is 11.6 Å². The van der Waals surface area contributed by atoms with E-state index in [9.17, 15) is 9.59 Å². The number of aromatic nitrogens is 2. The van der Waals surface area contributed by atoms with Crippen molar-refractivity contribution in [2.45, 2.75) is 38.8 Å². The first-order chi connectivity index (χ1) is 19.5. The Hall–Kier alpha value is -3.84. The van der Waals surface area contributed by atoms with E-state index in [1.807, 2.05) is 64.5 Å². The fourth-order valence-corrected chi connectivity index (χ4v) is 7.05. The van der Waals surface area contributed by atoms with E-state index in [1.54, 1.807) is 11.0 Å². The van der Waals surface area contributed by atoms with Crippen molar-refractivity contribution in [2.24, 2.45) is 5.41 Å². The summed E-state index contributed by atoms with van der Waals surface area (Å²) in [5, 5.41) is 1.54. The molecule has 5 heterocycles. The summed E-state index contributed by atoms with van der Waals surface area (Å²) in [4.78, 5) is 37.0. The number of carbonyl (C=O) groups is 2. The Morgan fingerprint density at radius 3 is 2.40 bits per heavy atom. The van der Waals surface area contributed by atoms with Gasteiger partial charge in [-0.2, -0.15) is 0 Å². The van der Waals surface area contributed by atoms with Crippen LogP contribution in [0.25, 0.3) is 10.9 Å². The molecule has 3 aliphatic rings. The van der Waals surface area contributed by atoms with Crippen LogP contribution in [0.5, 0.6) is 0 Å². The Morgan fingerprint density at radius 1 is 0.900 bits per heavy atom. The summed E-state index contributed by atoms with van der Waals surface area (Å²) in [7, 11) is 0. The Bertz CT molecular complexity index is 1580. The van der Waals surface area contributed by atoms with Crippen LogP contribution in [0.15, 0.2) is 73.2 Å². The summed E-state index contributed by atoms with van der Waals surface area (Å²) in [5.74, 6) is 0.0754. The monoisotopic (exact) mass is 553 g/mol. The number of fused-ring (bicyclic) bond motifs is 2. The van der Waals surface area contributed by atoms with Crippen LogP contribution in [0, 0.1) is 5.41 Å². The van der Waals surface area contributed by atoms with E-state index in [-0.39, 0.29) is 11.8 Å². The highest BCUT2D eigenvalue weighted by atomic mass is 35.5. The number of likely N-dealkylation sites (tertiary alicyclic amines) is 1. The lowest BCUT2D eigenvalue weighted by Crippen LogP contribution is -2.48. The van der Waals surface area contributed by atoms with Crippen molar-refractivity contribution in [3.05, 3.63) is 89.3 Å². The normalized spacial score (nSPS) is 18.5. The number of halogens is 1. The first-order valence-corrected chi connectivity index (χ1v) is 14.5. The second-order valence-corrected chi connectivity index (χ2v) is 11.8. The summed E-state index contributed by atoms with van der Waals surface area (Å²) in [6.45, 7) is 4.56. The average Bonchev–Trinajstić information content (AvgIpc) is 3.55. The molecule has 2 saturated heterocycles. The van der Waals surface area contributed by atoms with Gasteiger partial charge in [0.15, 0.2) is 0 Å². The van der Waals surface area contributed by atoms with E-state index in [1.165, 1.54) is 18.5 Å². The van der Waals surface area contributed by atoms with Gasteiger partial charge in [0.25, 0.3) is 5.91 Å². The molecule has 8 heteroatoms. The number of pyridine rings is 1. The predicted octanol–water partition coefficient (Wildman–Crippen LogP) is 5.76. The molecule has 2 aromatic heterocycles. The van der Waals surface area contributed by atoms with Crippen molar-refractivity contribution in [3.8, 4) is 0 Å². The molecule has 3 aliphatic heterocycles. The molecule has 0 unspecified atom stereocenters. The van der Waals surface area contributed by atoms with Crippen molar-refractivity contribution >= 4 is 45.7 Å². The minimum atomic E-state index is -0.0806. The molecule has 0 saturated carbocycles. The lowest BCUT2D eigenvalue weighted by molar-refractivity contribution is -0.134. The number of nitrogens with zero attached hydrogens (tertiary/aromatic N) is 5. The maximum Gasteiger partial charge on any atom is 0.260 e. The summed E-state index contributed by atoms with van der Waals surface area (Å²) >= 11 is 6.33. The molecule has 204 valence electrons. The van der Waals surface area contributed by atoms with Crippen LogP contribution in [0.1, 0.15) is 41.6 Å². The minimum absolute atomic E-state index is 0.0806. The average molecular weight is 554 g/mol. The largest absolute Gasteiger partial charge is 0.371 e. The molecule has 7 rings (SSSR count). The van der Waals surface area contributed by atoms with Crippen molar-refractivity contribution in [1.29, 1.82) is 0 Å². The quantitative estimate of drug-likeness (QED) is 0.322. The van der Waals surface area contributed by atoms with Gasteiger partial charge in [-0.25, -0.2) is 0 Å². The molecule has 2 amide bonds. The van der Waals surface area contributed by atoms with Crippen molar-refractivity contribution in [3.63, 3.8) is 0 Å². The highest BCUT2D eigenvalue weighted by Crippen LogP contribution is 2.42. The van der Waals surface area contributed by atoms with Crippen LogP contribution in [-0.2, 0) is 17.9 Å². The number of anilines is 2. The molecular weight excluding hydrogens is 522 g/mol. The standard InChI is InChI=1S/C32H32ClN5O2/c33-27-3-1-2-24-21-38(31(40)30(24)27)26-5-4-23-8-15-37(28(23)20-26)22-29(39)36-18-11-32(12-19-36)9-16-35(17-10-32)25-6-13-34-14-7-25/h1-8,13-15,20H,9-12,16-19,21-22H2. The Balaban J connectivity index is 1.01. The predicted molar refractivity (Wildman–Crippen MR) is 158 cm³/mol. The lowest BCUT2D eigenvalue weighted by Gasteiger charge is -2.47.